The van der Waals surface area contributed by atoms with Crippen molar-refractivity contribution in [3.8, 4) is 50.2 Å². The van der Waals surface area contributed by atoms with E-state index < -0.39 is 78.6 Å². The summed E-state index contributed by atoms with van der Waals surface area (Å²) in [6.45, 7) is 19.4. The van der Waals surface area contributed by atoms with Crippen molar-refractivity contribution in [2.24, 2.45) is 0 Å². The van der Waals surface area contributed by atoms with Crippen molar-refractivity contribution in [3.63, 3.8) is 0 Å². The standard InChI is InChI=1S/C85H71BN2S/c1-82(2,3)60-45-59(46-61(49-60)83(4,5)6)58-42-44-72-76(48-58)88(81-66(55-29-15-11-16-30-55)50-62(84(7,8)9)51-67(81)56-31-17-12-18-32-56)77-53-63(87-74-37-23-19-33-64(74)65-34-20-24-38-75(65)87)52-71-80(77)86(72)73-47-57(54-27-13-10-14-28-54)41-43-68(73)85(71)69-35-21-25-39-78(69)89-79-40-26-22-36-70(79)85/h10-53H,1-9H3/i10D,13D,14D,19D,20D,23D,24D,27D,28D,33D,34D,37D,38D. The average Bonchev–Trinajstić information content (AvgIpc) is 0.761. The minimum atomic E-state index is -1.31. The minimum Gasteiger partial charge on any atom is -0.310 e. The fraction of sp³-hybridized carbons (Fsp3) is 0.153. The third-order valence-electron chi connectivity index (χ3n) is 18.7. The van der Waals surface area contributed by atoms with Crippen molar-refractivity contribution in [1.29, 1.82) is 0 Å². The van der Waals surface area contributed by atoms with Gasteiger partial charge in [0.1, 0.15) is 0 Å². The zero-order chi connectivity index (χ0) is 72.0. The van der Waals surface area contributed by atoms with E-state index in [0.29, 0.717) is 16.9 Å². The molecule has 0 saturated carbocycles. The summed E-state index contributed by atoms with van der Waals surface area (Å²) in [6.07, 6.45) is 0. The van der Waals surface area contributed by atoms with Crippen LogP contribution in [-0.2, 0) is 21.7 Å². The van der Waals surface area contributed by atoms with Crippen LogP contribution in [0.2, 0.25) is 0 Å². The Labute approximate surface area is 547 Å². The normalized spacial score (nSPS) is 15.9. The first-order valence-electron chi connectivity index (χ1n) is 37.1. The molecule has 430 valence electrons. The molecule has 1 spiro atoms. The van der Waals surface area contributed by atoms with Crippen molar-refractivity contribution in [3.05, 3.63) is 306 Å². The quantitative estimate of drug-likeness (QED) is 0.153. The zero-order valence-corrected chi connectivity index (χ0v) is 52.1. The summed E-state index contributed by atoms with van der Waals surface area (Å²) >= 11 is 1.65. The summed E-state index contributed by atoms with van der Waals surface area (Å²) in [5.41, 5.74) is 15.8. The lowest BCUT2D eigenvalue weighted by Gasteiger charge is -2.51. The highest BCUT2D eigenvalue weighted by Crippen LogP contribution is 2.59. The molecule has 0 radical (unpaired) electrons. The lowest BCUT2D eigenvalue weighted by atomic mass is 9.29. The second kappa shape index (κ2) is 20.4. The maximum Gasteiger partial charge on any atom is 0.247 e. The van der Waals surface area contributed by atoms with Gasteiger partial charge in [0, 0.05) is 48.8 Å². The van der Waals surface area contributed by atoms with Gasteiger partial charge in [0.15, 0.2) is 0 Å². The molecule has 0 atom stereocenters. The van der Waals surface area contributed by atoms with Gasteiger partial charge in [-0.25, -0.2) is 0 Å². The molecule has 0 saturated heterocycles. The predicted molar refractivity (Wildman–Crippen MR) is 380 cm³/mol. The van der Waals surface area contributed by atoms with Crippen molar-refractivity contribution in [2.45, 2.75) is 93.8 Å². The Morgan fingerprint density at radius 3 is 1.46 bits per heavy atom. The van der Waals surface area contributed by atoms with Gasteiger partial charge in [-0.3, -0.25) is 0 Å². The Hall–Kier alpha value is -9.35. The molecule has 0 N–H and O–H groups in total. The van der Waals surface area contributed by atoms with Gasteiger partial charge >= 0.3 is 0 Å². The zero-order valence-electron chi connectivity index (χ0n) is 64.3. The van der Waals surface area contributed by atoms with Gasteiger partial charge in [-0.05, 0) is 154 Å². The molecule has 13 aromatic rings. The Morgan fingerprint density at radius 1 is 0.382 bits per heavy atom. The Morgan fingerprint density at radius 2 is 0.888 bits per heavy atom. The van der Waals surface area contributed by atoms with Crippen LogP contribution in [0, 0.1) is 0 Å². The first-order chi connectivity index (χ1) is 48.4. The van der Waals surface area contributed by atoms with E-state index in [9.17, 15) is 13.7 Å². The van der Waals surface area contributed by atoms with Crippen molar-refractivity contribution in [2.75, 3.05) is 4.90 Å². The SMILES string of the molecule is [2H]c1c([2H])c([2H])c(-c2ccc3c(c2)B2c4ccc(-c5cc(C(C)(C)C)cc(C(C)(C)C)c5)cc4N(c4c(-c5ccccc5)cc(C(C)(C)C)cc4-c4ccccc4)c4cc(-n5c6c([2H])c([2H])c([2H])c([2H])c6c6c([2H])c([2H])c([2H])c([2H])c65)cc(c42)C32c3ccccc3Sc3ccccc32)c([2H])c1[2H]. The molecule has 1 aromatic heterocycles. The minimum absolute atomic E-state index is 0.0249. The van der Waals surface area contributed by atoms with E-state index in [0.717, 1.165) is 110 Å². The number of fused-ring (bicyclic) bond motifs is 13. The van der Waals surface area contributed by atoms with Gasteiger partial charge in [-0.2, -0.15) is 0 Å². The molecule has 16 rings (SSSR count). The van der Waals surface area contributed by atoms with Crippen LogP contribution in [0.15, 0.2) is 276 Å². The monoisotopic (exact) mass is 1180 g/mol. The summed E-state index contributed by atoms with van der Waals surface area (Å²) in [4.78, 5) is 4.30. The van der Waals surface area contributed by atoms with Crippen LogP contribution in [0.1, 0.15) is 119 Å². The van der Waals surface area contributed by atoms with E-state index in [1.807, 2.05) is 48.5 Å². The van der Waals surface area contributed by atoms with Crippen LogP contribution in [-0.4, -0.2) is 11.3 Å². The molecule has 0 fully saturated rings. The smallest absolute Gasteiger partial charge is 0.247 e. The molecule has 0 amide bonds. The first-order valence-corrected chi connectivity index (χ1v) is 31.4. The third-order valence-corrected chi connectivity index (χ3v) is 19.8. The summed E-state index contributed by atoms with van der Waals surface area (Å²) < 4.78 is 125. The van der Waals surface area contributed by atoms with Gasteiger partial charge in [0.05, 0.1) is 40.0 Å². The van der Waals surface area contributed by atoms with E-state index in [2.05, 4.69) is 207 Å². The highest BCUT2D eigenvalue weighted by atomic mass is 32.2. The van der Waals surface area contributed by atoms with E-state index in [1.165, 1.54) is 0 Å². The number of aromatic nitrogens is 1. The average molecular weight is 1180 g/mol. The van der Waals surface area contributed by atoms with E-state index in [4.69, 9.17) is 4.11 Å². The summed E-state index contributed by atoms with van der Waals surface area (Å²) in [6, 6.07) is 59.9. The number of para-hydroxylation sites is 2. The van der Waals surface area contributed by atoms with Crippen LogP contribution >= 0.6 is 11.8 Å². The second-order valence-corrected chi connectivity index (χ2v) is 28.2. The lowest BCUT2D eigenvalue weighted by Crippen LogP contribution is -2.65. The van der Waals surface area contributed by atoms with Gasteiger partial charge in [0.25, 0.3) is 0 Å². The highest BCUT2D eigenvalue weighted by Gasteiger charge is 2.55. The number of rotatable bonds is 6. The van der Waals surface area contributed by atoms with Crippen molar-refractivity contribution >= 4 is 73.7 Å². The molecule has 0 bridgehead atoms. The number of nitrogens with zero attached hydrogens (tertiary/aromatic N) is 2. The second-order valence-electron chi connectivity index (χ2n) is 27.1. The van der Waals surface area contributed by atoms with Crippen molar-refractivity contribution < 1.29 is 17.8 Å². The van der Waals surface area contributed by atoms with E-state index in [1.54, 1.807) is 16.3 Å². The molecule has 0 unspecified atom stereocenters. The molecule has 0 aliphatic carbocycles. The number of hydrogen-bond acceptors (Lipinski definition) is 2. The molecule has 4 heterocycles. The number of hydrogen-bond donors (Lipinski definition) is 0. The molecule has 3 aliphatic heterocycles. The lowest BCUT2D eigenvalue weighted by molar-refractivity contribution is 0.569. The van der Waals surface area contributed by atoms with E-state index in [-0.39, 0.29) is 55.7 Å². The fourth-order valence-corrected chi connectivity index (χ4v) is 15.5. The van der Waals surface area contributed by atoms with Crippen LogP contribution in [0.4, 0.5) is 17.1 Å². The summed E-state index contributed by atoms with van der Waals surface area (Å²) in [5.74, 6) is 0. The first kappa shape index (κ1) is 42.5. The topological polar surface area (TPSA) is 8.17 Å². The molecule has 3 aliphatic rings. The van der Waals surface area contributed by atoms with E-state index >= 15 is 0 Å². The summed E-state index contributed by atoms with van der Waals surface area (Å²) in [7, 11) is 0. The Bertz CT molecular complexity index is 5560. The summed E-state index contributed by atoms with van der Waals surface area (Å²) in [5, 5.41) is -0.0987. The van der Waals surface area contributed by atoms with Crippen LogP contribution in [0.5, 0.6) is 0 Å². The largest absolute Gasteiger partial charge is 0.310 e. The number of benzene rings is 12. The van der Waals surface area contributed by atoms with Gasteiger partial charge in [-0.1, -0.05) is 292 Å². The maximum atomic E-state index is 10.1. The third kappa shape index (κ3) is 8.69. The maximum absolute atomic E-state index is 10.1. The molecule has 89 heavy (non-hydrogen) atoms. The molecular weight excluding hydrogens is 1090 g/mol. The van der Waals surface area contributed by atoms with Gasteiger partial charge < -0.3 is 9.47 Å². The molecular formula is C85H71BN2S. The number of anilines is 3. The van der Waals surface area contributed by atoms with Crippen LogP contribution in [0.25, 0.3) is 72.0 Å². The van der Waals surface area contributed by atoms with Crippen LogP contribution in [0.3, 0.4) is 0 Å². The van der Waals surface area contributed by atoms with Crippen LogP contribution < -0.4 is 21.3 Å². The van der Waals surface area contributed by atoms with Crippen molar-refractivity contribution in [1.82, 2.24) is 4.57 Å². The Balaban J connectivity index is 1.19. The van der Waals surface area contributed by atoms with Gasteiger partial charge in [0.2, 0.25) is 6.71 Å². The Kier molecular flexibility index (Phi) is 9.72. The molecule has 2 nitrogen and oxygen atoms in total. The highest BCUT2D eigenvalue weighted by molar-refractivity contribution is 7.99. The fourth-order valence-electron chi connectivity index (χ4n) is 14.3. The molecule has 12 aromatic carbocycles. The predicted octanol–water partition coefficient (Wildman–Crippen LogP) is 20.8. The molecule has 4 heteroatoms. The van der Waals surface area contributed by atoms with Gasteiger partial charge in [-0.15, -0.1) is 0 Å².